The minimum absolute atomic E-state index is 0.0760. The van der Waals surface area contributed by atoms with Gasteiger partial charge in [0.15, 0.2) is 0 Å². The van der Waals surface area contributed by atoms with Crippen LogP contribution >= 0.6 is 0 Å². The number of rotatable bonds is 10. The van der Waals surface area contributed by atoms with Crippen molar-refractivity contribution in [1.82, 2.24) is 24.8 Å². The highest BCUT2D eigenvalue weighted by atomic mass is 32.2. The molecule has 1 aliphatic heterocycles. The number of hydrogen-bond acceptors (Lipinski definition) is 5. The van der Waals surface area contributed by atoms with Crippen molar-refractivity contribution in [1.29, 1.82) is 0 Å². The second-order valence-electron chi connectivity index (χ2n) is 12.1. The van der Waals surface area contributed by atoms with Gasteiger partial charge >= 0.3 is 0 Å². The van der Waals surface area contributed by atoms with Crippen LogP contribution in [0.25, 0.3) is 10.9 Å². The van der Waals surface area contributed by atoms with E-state index in [2.05, 4.69) is 19.9 Å². The summed E-state index contributed by atoms with van der Waals surface area (Å²) in [5, 5.41) is 3.92. The molecule has 2 aromatic carbocycles. The topological polar surface area (TPSA) is 115 Å². The number of amides is 2. The second kappa shape index (κ2) is 12.0. The molecule has 41 heavy (non-hydrogen) atoms. The maximum absolute atomic E-state index is 13.7. The number of para-hydroxylation sites is 1. The Morgan fingerprint density at radius 3 is 2.46 bits per heavy atom. The van der Waals surface area contributed by atoms with Crippen LogP contribution < -0.4 is 10.0 Å². The Bertz CT molecular complexity index is 1490. The first-order chi connectivity index (χ1) is 19.2. The van der Waals surface area contributed by atoms with E-state index in [1.165, 1.54) is 0 Å². The number of sulfonamides is 1. The predicted molar refractivity (Wildman–Crippen MR) is 162 cm³/mol. The highest BCUT2D eigenvalue weighted by Crippen LogP contribution is 2.29. The standard InChI is InChI=1S/C31H43N5O4S/c1-8-35(16-15-32-41(39,40)27-17-20(2)13-14-21(27)3)26-19-36(22(26)4)30(38)28(31(5,6)7)34-29(37)25-18-23-11-9-10-12-24(23)33-25/h9-14,17-18,22,26,28,32-33H,8,15-16,19H2,1-7H3,(H,34,37)/t22?,26-,28-/m1/s1. The number of aromatic amines is 1. The summed E-state index contributed by atoms with van der Waals surface area (Å²) in [4.78, 5) is 34.4. The van der Waals surface area contributed by atoms with Gasteiger partial charge < -0.3 is 15.2 Å². The number of likely N-dealkylation sites (N-methyl/N-ethyl adjacent to an activating group) is 1. The number of carbonyl (C=O) groups excluding carboxylic acids is 2. The fraction of sp³-hybridized carbons (Fsp3) is 0.484. The third-order valence-electron chi connectivity index (χ3n) is 8.08. The molecule has 3 N–H and O–H groups in total. The van der Waals surface area contributed by atoms with E-state index in [-0.39, 0.29) is 30.4 Å². The molecule has 1 unspecified atom stereocenters. The number of nitrogens with one attached hydrogen (secondary N) is 3. The first-order valence-electron chi connectivity index (χ1n) is 14.2. The molecule has 0 radical (unpaired) electrons. The molecule has 2 amide bonds. The van der Waals surface area contributed by atoms with Gasteiger partial charge in [0.05, 0.1) is 4.90 Å². The molecule has 1 aromatic heterocycles. The van der Waals surface area contributed by atoms with Gasteiger partial charge in [0.2, 0.25) is 15.9 Å². The molecule has 3 aromatic rings. The quantitative estimate of drug-likeness (QED) is 0.337. The van der Waals surface area contributed by atoms with Gasteiger partial charge in [-0.05, 0) is 62.1 Å². The SMILES string of the molecule is CCN(CCNS(=O)(=O)c1cc(C)ccc1C)[C@@H]1CN(C(=O)[C@@H](NC(=O)c2cc3ccccc3[nH]2)C(C)(C)C)C1C. The number of benzene rings is 2. The van der Waals surface area contributed by atoms with Gasteiger partial charge in [-0.2, -0.15) is 0 Å². The zero-order valence-corrected chi connectivity index (χ0v) is 25.9. The first-order valence-corrected chi connectivity index (χ1v) is 15.7. The number of nitrogens with zero attached hydrogens (tertiary/aromatic N) is 2. The van der Waals surface area contributed by atoms with Crippen LogP contribution in [0.4, 0.5) is 0 Å². The second-order valence-corrected chi connectivity index (χ2v) is 13.9. The predicted octanol–water partition coefficient (Wildman–Crippen LogP) is 3.83. The Balaban J connectivity index is 1.37. The fourth-order valence-electron chi connectivity index (χ4n) is 5.48. The van der Waals surface area contributed by atoms with E-state index in [1.807, 2.05) is 82.8 Å². The molecule has 1 aliphatic rings. The zero-order chi connectivity index (χ0) is 30.1. The summed E-state index contributed by atoms with van der Waals surface area (Å²) in [6.07, 6.45) is 0. The molecule has 10 heteroatoms. The number of carbonyl (C=O) groups is 2. The Morgan fingerprint density at radius 2 is 1.83 bits per heavy atom. The van der Waals surface area contributed by atoms with Crippen LogP contribution in [0.3, 0.4) is 0 Å². The van der Waals surface area contributed by atoms with Gasteiger partial charge in [-0.15, -0.1) is 0 Å². The van der Waals surface area contributed by atoms with E-state index in [4.69, 9.17) is 0 Å². The lowest BCUT2D eigenvalue weighted by atomic mass is 9.83. The minimum atomic E-state index is -3.62. The van der Waals surface area contributed by atoms with Crippen molar-refractivity contribution in [3.05, 3.63) is 65.4 Å². The molecule has 4 rings (SSSR count). The molecular weight excluding hydrogens is 538 g/mol. The van der Waals surface area contributed by atoms with E-state index in [1.54, 1.807) is 19.1 Å². The lowest BCUT2D eigenvalue weighted by Gasteiger charge is -2.52. The summed E-state index contributed by atoms with van der Waals surface area (Å²) in [5.41, 5.74) is 2.39. The molecule has 1 saturated heterocycles. The highest BCUT2D eigenvalue weighted by molar-refractivity contribution is 7.89. The monoisotopic (exact) mass is 581 g/mol. The molecule has 3 atom stereocenters. The number of hydrogen-bond donors (Lipinski definition) is 3. The third kappa shape index (κ3) is 6.66. The fourth-order valence-corrected chi connectivity index (χ4v) is 6.83. The average Bonchev–Trinajstić information content (AvgIpc) is 3.35. The van der Waals surface area contributed by atoms with Crippen molar-refractivity contribution in [2.75, 3.05) is 26.2 Å². The first kappa shape index (κ1) is 30.7. The summed E-state index contributed by atoms with van der Waals surface area (Å²) in [7, 11) is -3.62. The van der Waals surface area contributed by atoms with Crippen molar-refractivity contribution in [2.45, 2.75) is 71.5 Å². The summed E-state index contributed by atoms with van der Waals surface area (Å²) in [6.45, 7) is 15.6. The third-order valence-corrected chi connectivity index (χ3v) is 9.68. The number of aryl methyl sites for hydroxylation is 2. The van der Waals surface area contributed by atoms with Crippen LogP contribution in [0.15, 0.2) is 53.4 Å². The van der Waals surface area contributed by atoms with Crippen molar-refractivity contribution in [3.63, 3.8) is 0 Å². The lowest BCUT2D eigenvalue weighted by Crippen LogP contribution is -2.70. The molecule has 2 heterocycles. The highest BCUT2D eigenvalue weighted by Gasteiger charge is 2.46. The van der Waals surface area contributed by atoms with Crippen LogP contribution in [0.1, 0.15) is 56.2 Å². The van der Waals surface area contributed by atoms with E-state index in [0.717, 1.165) is 23.0 Å². The molecule has 0 spiro atoms. The van der Waals surface area contributed by atoms with Crippen LogP contribution in [0.2, 0.25) is 0 Å². The van der Waals surface area contributed by atoms with E-state index in [0.29, 0.717) is 29.2 Å². The number of H-pyrrole nitrogens is 1. The van der Waals surface area contributed by atoms with Crippen LogP contribution in [-0.2, 0) is 14.8 Å². The summed E-state index contributed by atoms with van der Waals surface area (Å²) in [5.74, 6) is -0.428. The normalized spacial score (nSPS) is 18.4. The van der Waals surface area contributed by atoms with Crippen molar-refractivity contribution < 1.29 is 18.0 Å². The molecule has 0 bridgehead atoms. The van der Waals surface area contributed by atoms with Crippen molar-refractivity contribution >= 4 is 32.7 Å². The number of fused-ring (bicyclic) bond motifs is 1. The van der Waals surface area contributed by atoms with E-state index in [9.17, 15) is 18.0 Å². The Labute approximate surface area is 243 Å². The smallest absolute Gasteiger partial charge is 0.268 e. The van der Waals surface area contributed by atoms with Gasteiger partial charge in [-0.3, -0.25) is 14.5 Å². The Morgan fingerprint density at radius 1 is 1.12 bits per heavy atom. The molecule has 9 nitrogen and oxygen atoms in total. The van der Waals surface area contributed by atoms with E-state index >= 15 is 0 Å². The molecule has 222 valence electrons. The zero-order valence-electron chi connectivity index (χ0n) is 25.1. The summed E-state index contributed by atoms with van der Waals surface area (Å²) in [6, 6.07) is 14.2. The van der Waals surface area contributed by atoms with Crippen molar-refractivity contribution in [2.24, 2.45) is 5.41 Å². The average molecular weight is 582 g/mol. The number of aromatic nitrogens is 1. The van der Waals surface area contributed by atoms with Gasteiger partial charge in [0.25, 0.3) is 5.91 Å². The van der Waals surface area contributed by atoms with Crippen LogP contribution in [0.5, 0.6) is 0 Å². The van der Waals surface area contributed by atoms with Gasteiger partial charge in [0, 0.05) is 42.6 Å². The minimum Gasteiger partial charge on any atom is -0.351 e. The molecule has 0 aliphatic carbocycles. The van der Waals surface area contributed by atoms with Crippen LogP contribution in [0, 0.1) is 19.3 Å². The Hall–Kier alpha value is -3.21. The maximum atomic E-state index is 13.7. The largest absolute Gasteiger partial charge is 0.351 e. The molecular formula is C31H43N5O4S. The van der Waals surface area contributed by atoms with Crippen molar-refractivity contribution in [3.8, 4) is 0 Å². The summed E-state index contributed by atoms with van der Waals surface area (Å²) < 4.78 is 28.6. The van der Waals surface area contributed by atoms with Gasteiger partial charge in [-0.25, -0.2) is 13.1 Å². The van der Waals surface area contributed by atoms with Gasteiger partial charge in [0.1, 0.15) is 11.7 Å². The molecule has 1 fully saturated rings. The maximum Gasteiger partial charge on any atom is 0.268 e. The van der Waals surface area contributed by atoms with E-state index < -0.39 is 21.5 Å². The van der Waals surface area contributed by atoms with Crippen LogP contribution in [-0.4, -0.2) is 79.3 Å². The Kier molecular flexibility index (Phi) is 8.96. The molecule has 0 saturated carbocycles. The lowest BCUT2D eigenvalue weighted by molar-refractivity contribution is -0.149. The summed E-state index contributed by atoms with van der Waals surface area (Å²) >= 11 is 0. The number of likely N-dealkylation sites (tertiary alicyclic amines) is 1. The van der Waals surface area contributed by atoms with Gasteiger partial charge in [-0.1, -0.05) is 58.0 Å².